The summed E-state index contributed by atoms with van der Waals surface area (Å²) in [6.07, 6.45) is 0. The number of aromatic nitrogens is 2. The minimum Gasteiger partial charge on any atom is -0.478 e. The van der Waals surface area contributed by atoms with Crippen LogP contribution in [-0.2, 0) is 0 Å². The number of imidazole rings is 1. The van der Waals surface area contributed by atoms with E-state index in [1.165, 1.54) is 11.8 Å². The fourth-order valence-corrected chi connectivity index (χ4v) is 2.85. The normalized spacial score (nSPS) is 10.8. The largest absolute Gasteiger partial charge is 0.478 e. The van der Waals surface area contributed by atoms with Gasteiger partial charge in [0.2, 0.25) is 0 Å². The van der Waals surface area contributed by atoms with Gasteiger partial charge in [0.25, 0.3) is 0 Å². The van der Waals surface area contributed by atoms with Crippen LogP contribution in [0.4, 0.5) is 0 Å². The van der Waals surface area contributed by atoms with Gasteiger partial charge in [-0.15, -0.1) is 0 Å². The lowest BCUT2D eigenvalue weighted by molar-refractivity contribution is 0.0696. The summed E-state index contributed by atoms with van der Waals surface area (Å²) in [5.41, 5.74) is 3.15. The van der Waals surface area contributed by atoms with E-state index in [9.17, 15) is 4.79 Å². The second-order valence-electron chi connectivity index (χ2n) is 4.45. The van der Waals surface area contributed by atoms with Gasteiger partial charge in [0.1, 0.15) is 0 Å². The second-order valence-corrected chi connectivity index (χ2v) is 5.48. The molecule has 3 aromatic rings. The third-order valence-corrected chi connectivity index (χ3v) is 4.06. The summed E-state index contributed by atoms with van der Waals surface area (Å²) >= 11 is 1.50. The number of fused-ring (bicyclic) bond motifs is 1. The fourth-order valence-electron chi connectivity index (χ4n) is 1.98. The number of carboxylic acid groups (broad SMARTS) is 1. The van der Waals surface area contributed by atoms with Crippen LogP contribution in [0.1, 0.15) is 15.9 Å². The monoisotopic (exact) mass is 284 g/mol. The molecule has 2 N–H and O–H groups in total. The first-order chi connectivity index (χ1) is 9.63. The van der Waals surface area contributed by atoms with E-state index in [0.29, 0.717) is 5.56 Å². The van der Waals surface area contributed by atoms with Gasteiger partial charge in [-0.1, -0.05) is 23.9 Å². The van der Waals surface area contributed by atoms with E-state index in [-0.39, 0.29) is 0 Å². The van der Waals surface area contributed by atoms with E-state index >= 15 is 0 Å². The number of benzene rings is 2. The summed E-state index contributed by atoms with van der Waals surface area (Å²) in [5.74, 6) is -0.909. The zero-order valence-corrected chi connectivity index (χ0v) is 11.6. The smallest absolute Gasteiger partial charge is 0.335 e. The summed E-state index contributed by atoms with van der Waals surface area (Å²) in [7, 11) is 0. The van der Waals surface area contributed by atoms with Crippen LogP contribution in [0.5, 0.6) is 0 Å². The van der Waals surface area contributed by atoms with Crippen molar-refractivity contribution in [2.24, 2.45) is 0 Å². The lowest BCUT2D eigenvalue weighted by atomic mass is 10.1. The van der Waals surface area contributed by atoms with Crippen LogP contribution in [-0.4, -0.2) is 21.0 Å². The SMILES string of the molecule is Cc1cc(C(=O)O)ccc1Sc1nc2ccccc2[nH]1. The van der Waals surface area contributed by atoms with E-state index in [1.54, 1.807) is 12.1 Å². The highest BCUT2D eigenvalue weighted by molar-refractivity contribution is 7.99. The Kier molecular flexibility index (Phi) is 3.20. The van der Waals surface area contributed by atoms with Gasteiger partial charge in [-0.25, -0.2) is 9.78 Å². The minimum absolute atomic E-state index is 0.302. The summed E-state index contributed by atoms with van der Waals surface area (Å²) in [4.78, 5) is 19.7. The van der Waals surface area contributed by atoms with Crippen molar-refractivity contribution in [3.63, 3.8) is 0 Å². The molecule has 3 rings (SSSR count). The summed E-state index contributed by atoms with van der Waals surface area (Å²) in [6.45, 7) is 1.90. The number of carboxylic acids is 1. The Morgan fingerprint density at radius 3 is 2.75 bits per heavy atom. The first kappa shape index (κ1) is 12.7. The van der Waals surface area contributed by atoms with Crippen molar-refractivity contribution in [3.8, 4) is 0 Å². The molecular weight excluding hydrogens is 272 g/mol. The molecule has 4 nitrogen and oxygen atoms in total. The molecule has 0 bridgehead atoms. The summed E-state index contributed by atoms with van der Waals surface area (Å²) in [5, 5.41) is 9.76. The van der Waals surface area contributed by atoms with E-state index in [4.69, 9.17) is 5.11 Å². The van der Waals surface area contributed by atoms with Crippen LogP contribution >= 0.6 is 11.8 Å². The topological polar surface area (TPSA) is 66.0 Å². The first-order valence-corrected chi connectivity index (χ1v) is 6.92. The third-order valence-electron chi connectivity index (χ3n) is 3.00. The predicted molar refractivity (Wildman–Crippen MR) is 78.4 cm³/mol. The number of hydrogen-bond donors (Lipinski definition) is 2. The molecule has 0 aliphatic carbocycles. The molecule has 0 unspecified atom stereocenters. The zero-order valence-electron chi connectivity index (χ0n) is 10.8. The number of hydrogen-bond acceptors (Lipinski definition) is 3. The molecule has 0 saturated heterocycles. The van der Waals surface area contributed by atoms with Crippen molar-refractivity contribution in [2.45, 2.75) is 17.0 Å². The molecule has 0 saturated carbocycles. The van der Waals surface area contributed by atoms with Gasteiger partial charge in [-0.05, 0) is 42.8 Å². The molecule has 0 radical (unpaired) electrons. The van der Waals surface area contributed by atoms with Crippen molar-refractivity contribution >= 4 is 28.8 Å². The van der Waals surface area contributed by atoms with Crippen molar-refractivity contribution in [3.05, 3.63) is 53.6 Å². The Morgan fingerprint density at radius 2 is 2.05 bits per heavy atom. The number of nitrogens with one attached hydrogen (secondary N) is 1. The maximum absolute atomic E-state index is 10.9. The van der Waals surface area contributed by atoms with Gasteiger partial charge >= 0.3 is 5.97 Å². The lowest BCUT2D eigenvalue weighted by Crippen LogP contribution is -1.96. The number of para-hydroxylation sites is 2. The van der Waals surface area contributed by atoms with Crippen LogP contribution in [0.25, 0.3) is 11.0 Å². The quantitative estimate of drug-likeness (QED) is 0.769. The Balaban J connectivity index is 1.92. The zero-order chi connectivity index (χ0) is 14.1. The maximum Gasteiger partial charge on any atom is 0.335 e. The predicted octanol–water partition coefficient (Wildman–Crippen LogP) is 3.72. The Hall–Kier alpha value is -2.27. The van der Waals surface area contributed by atoms with E-state index in [0.717, 1.165) is 26.6 Å². The maximum atomic E-state index is 10.9. The number of aromatic carboxylic acids is 1. The van der Waals surface area contributed by atoms with Gasteiger partial charge in [0, 0.05) is 4.90 Å². The van der Waals surface area contributed by atoms with E-state index in [1.807, 2.05) is 37.3 Å². The highest BCUT2D eigenvalue weighted by atomic mass is 32.2. The molecule has 1 heterocycles. The molecule has 0 amide bonds. The molecule has 0 aliphatic rings. The average Bonchev–Trinajstić information content (AvgIpc) is 2.83. The van der Waals surface area contributed by atoms with Crippen molar-refractivity contribution in [1.82, 2.24) is 9.97 Å². The molecule has 20 heavy (non-hydrogen) atoms. The molecule has 0 spiro atoms. The highest BCUT2D eigenvalue weighted by Gasteiger charge is 2.09. The highest BCUT2D eigenvalue weighted by Crippen LogP contribution is 2.30. The minimum atomic E-state index is -0.909. The number of nitrogens with zero attached hydrogens (tertiary/aromatic N) is 1. The van der Waals surface area contributed by atoms with E-state index in [2.05, 4.69) is 9.97 Å². The third kappa shape index (κ3) is 2.40. The lowest BCUT2D eigenvalue weighted by Gasteiger charge is -2.04. The second kappa shape index (κ2) is 5.02. The Labute approximate surface area is 119 Å². The van der Waals surface area contributed by atoms with Crippen molar-refractivity contribution in [2.75, 3.05) is 0 Å². The van der Waals surface area contributed by atoms with Crippen molar-refractivity contribution < 1.29 is 9.90 Å². The van der Waals surface area contributed by atoms with Gasteiger partial charge in [0.15, 0.2) is 5.16 Å². The first-order valence-electron chi connectivity index (χ1n) is 6.10. The van der Waals surface area contributed by atoms with Gasteiger partial charge in [-0.2, -0.15) is 0 Å². The fraction of sp³-hybridized carbons (Fsp3) is 0.0667. The molecule has 1 aromatic heterocycles. The molecule has 2 aromatic carbocycles. The van der Waals surface area contributed by atoms with Crippen LogP contribution in [0.2, 0.25) is 0 Å². The standard InChI is InChI=1S/C15H12N2O2S/c1-9-8-10(14(18)19)6-7-13(9)20-15-16-11-4-2-3-5-12(11)17-15/h2-8H,1H3,(H,16,17)(H,18,19). The average molecular weight is 284 g/mol. The number of rotatable bonds is 3. The molecule has 5 heteroatoms. The molecule has 0 fully saturated rings. The van der Waals surface area contributed by atoms with Gasteiger partial charge < -0.3 is 10.1 Å². The number of carbonyl (C=O) groups is 1. The Bertz CT molecular complexity index is 762. The van der Waals surface area contributed by atoms with Crippen LogP contribution in [0, 0.1) is 6.92 Å². The van der Waals surface area contributed by atoms with Crippen molar-refractivity contribution in [1.29, 1.82) is 0 Å². The number of aryl methyl sites for hydroxylation is 1. The molecule has 0 atom stereocenters. The Morgan fingerprint density at radius 1 is 1.25 bits per heavy atom. The van der Waals surface area contributed by atoms with Crippen LogP contribution in [0.15, 0.2) is 52.5 Å². The number of aromatic amines is 1. The summed E-state index contributed by atoms with van der Waals surface area (Å²) in [6, 6.07) is 12.9. The van der Waals surface area contributed by atoms with Crippen LogP contribution in [0.3, 0.4) is 0 Å². The van der Waals surface area contributed by atoms with Gasteiger partial charge in [0.05, 0.1) is 16.6 Å². The number of H-pyrrole nitrogens is 1. The summed E-state index contributed by atoms with van der Waals surface area (Å²) < 4.78 is 0. The van der Waals surface area contributed by atoms with Gasteiger partial charge in [-0.3, -0.25) is 0 Å². The van der Waals surface area contributed by atoms with Crippen LogP contribution < -0.4 is 0 Å². The molecular formula is C15H12N2O2S. The molecule has 0 aliphatic heterocycles. The molecule has 100 valence electrons. The van der Waals surface area contributed by atoms with E-state index < -0.39 is 5.97 Å².